The second-order valence-electron chi connectivity index (χ2n) is 6.14. The van der Waals surface area contributed by atoms with Gasteiger partial charge in [-0.3, -0.25) is 9.36 Å². The van der Waals surface area contributed by atoms with E-state index in [2.05, 4.69) is 0 Å². The Hall–Kier alpha value is -2.86. The van der Waals surface area contributed by atoms with E-state index in [9.17, 15) is 9.59 Å². The van der Waals surface area contributed by atoms with E-state index < -0.39 is 5.76 Å². The monoisotopic (exact) mass is 353 g/mol. The predicted molar refractivity (Wildman–Crippen MR) is 101 cm³/mol. The van der Waals surface area contributed by atoms with Gasteiger partial charge in [-0.05, 0) is 24.1 Å². The van der Waals surface area contributed by atoms with Crippen molar-refractivity contribution < 1.29 is 9.21 Å². The summed E-state index contributed by atoms with van der Waals surface area (Å²) in [6.45, 7) is 1.82. The highest BCUT2D eigenvalue weighted by atomic mass is 16.4. The van der Waals surface area contributed by atoms with Crippen molar-refractivity contribution in [3.8, 4) is 0 Å². The van der Waals surface area contributed by atoms with Crippen LogP contribution >= 0.6 is 0 Å². The van der Waals surface area contributed by atoms with Crippen LogP contribution in [0.25, 0.3) is 11.1 Å². The molecule has 136 valence electrons. The molecule has 0 spiro atoms. The van der Waals surface area contributed by atoms with Crippen LogP contribution in [0.3, 0.4) is 0 Å². The Morgan fingerprint density at radius 3 is 2.54 bits per heavy atom. The first-order chi connectivity index (χ1) is 12.7. The van der Waals surface area contributed by atoms with Crippen molar-refractivity contribution in [3.63, 3.8) is 0 Å². The lowest BCUT2D eigenvalue weighted by atomic mass is 10.1. The molecule has 0 aliphatic rings. The normalized spacial score (nSPS) is 11.0. The average Bonchev–Trinajstić information content (AvgIpc) is 2.99. The fraction of sp³-hybridized carbons (Fsp3) is 0.300. The predicted octanol–water partition coefficient (Wildman–Crippen LogP) is 2.01. The minimum Gasteiger partial charge on any atom is -0.408 e. The highest BCUT2D eigenvalue weighted by Gasteiger charge is 2.15. The van der Waals surface area contributed by atoms with Crippen LogP contribution in [0.1, 0.15) is 12.0 Å². The van der Waals surface area contributed by atoms with Gasteiger partial charge in [-0.1, -0.05) is 42.5 Å². The van der Waals surface area contributed by atoms with Crippen molar-refractivity contribution in [2.75, 3.05) is 19.6 Å². The minimum absolute atomic E-state index is 0.0106. The number of nitrogens with zero attached hydrogens (tertiary/aromatic N) is 2. The summed E-state index contributed by atoms with van der Waals surface area (Å²) in [4.78, 5) is 26.4. The van der Waals surface area contributed by atoms with E-state index in [1.54, 1.807) is 11.0 Å². The highest BCUT2D eigenvalue weighted by molar-refractivity contribution is 5.77. The molecule has 2 N–H and O–H groups in total. The van der Waals surface area contributed by atoms with Gasteiger partial charge in [0.15, 0.2) is 5.58 Å². The maximum atomic E-state index is 12.6. The van der Waals surface area contributed by atoms with Crippen LogP contribution in [0.5, 0.6) is 0 Å². The fourth-order valence-corrected chi connectivity index (χ4v) is 3.02. The van der Waals surface area contributed by atoms with E-state index in [0.717, 1.165) is 6.42 Å². The summed E-state index contributed by atoms with van der Waals surface area (Å²) < 4.78 is 6.71. The summed E-state index contributed by atoms with van der Waals surface area (Å²) in [7, 11) is 0. The number of amides is 1. The SMILES string of the molecule is NCCN(CCc1ccccc1)C(=O)CCn1c(=O)oc2ccccc21. The summed E-state index contributed by atoms with van der Waals surface area (Å²) in [5, 5.41) is 0. The summed E-state index contributed by atoms with van der Waals surface area (Å²) >= 11 is 0. The van der Waals surface area contributed by atoms with Crippen LogP contribution in [0, 0.1) is 0 Å². The molecule has 3 aromatic rings. The molecule has 0 saturated heterocycles. The number of nitrogens with two attached hydrogens (primary N) is 1. The molecule has 0 fully saturated rings. The number of carbonyl (C=O) groups is 1. The van der Waals surface area contributed by atoms with Crippen LogP contribution in [-0.4, -0.2) is 35.0 Å². The first-order valence-corrected chi connectivity index (χ1v) is 8.79. The van der Waals surface area contributed by atoms with E-state index >= 15 is 0 Å². The average molecular weight is 353 g/mol. The molecule has 3 rings (SSSR count). The van der Waals surface area contributed by atoms with Gasteiger partial charge in [0.05, 0.1) is 5.52 Å². The van der Waals surface area contributed by atoms with Crippen molar-refractivity contribution >= 4 is 17.0 Å². The summed E-state index contributed by atoms with van der Waals surface area (Å²) in [5.74, 6) is -0.447. The number of aryl methyl sites for hydroxylation is 1. The molecule has 26 heavy (non-hydrogen) atoms. The Morgan fingerprint density at radius 2 is 1.77 bits per heavy atom. The number of carbonyl (C=O) groups excluding carboxylic acids is 1. The van der Waals surface area contributed by atoms with Crippen molar-refractivity contribution in [3.05, 3.63) is 70.7 Å². The van der Waals surface area contributed by atoms with Gasteiger partial charge in [0, 0.05) is 32.6 Å². The van der Waals surface area contributed by atoms with Crippen molar-refractivity contribution in [1.82, 2.24) is 9.47 Å². The Balaban J connectivity index is 1.64. The topological polar surface area (TPSA) is 81.5 Å². The van der Waals surface area contributed by atoms with Gasteiger partial charge in [0.25, 0.3) is 0 Å². The van der Waals surface area contributed by atoms with Gasteiger partial charge >= 0.3 is 5.76 Å². The van der Waals surface area contributed by atoms with Gasteiger partial charge in [-0.25, -0.2) is 4.79 Å². The number of aromatic nitrogens is 1. The van der Waals surface area contributed by atoms with Gasteiger partial charge in [0.2, 0.25) is 5.91 Å². The van der Waals surface area contributed by atoms with Crippen molar-refractivity contribution in [2.45, 2.75) is 19.4 Å². The largest absolute Gasteiger partial charge is 0.419 e. The molecule has 1 amide bonds. The van der Waals surface area contributed by atoms with Crippen LogP contribution < -0.4 is 11.5 Å². The lowest BCUT2D eigenvalue weighted by molar-refractivity contribution is -0.131. The van der Waals surface area contributed by atoms with Crippen molar-refractivity contribution in [1.29, 1.82) is 0 Å². The molecule has 0 atom stereocenters. The third-order valence-corrected chi connectivity index (χ3v) is 4.39. The minimum atomic E-state index is -0.436. The van der Waals surface area contributed by atoms with Crippen LogP contribution in [0.2, 0.25) is 0 Å². The zero-order valence-electron chi connectivity index (χ0n) is 14.6. The molecule has 0 radical (unpaired) electrons. The number of fused-ring (bicyclic) bond motifs is 1. The fourth-order valence-electron chi connectivity index (χ4n) is 3.02. The van der Waals surface area contributed by atoms with E-state index in [1.165, 1.54) is 10.1 Å². The molecule has 6 heteroatoms. The summed E-state index contributed by atoms with van der Waals surface area (Å²) in [6, 6.07) is 17.3. The number of oxazole rings is 1. The first-order valence-electron chi connectivity index (χ1n) is 8.79. The summed E-state index contributed by atoms with van der Waals surface area (Å²) in [6.07, 6.45) is 1.01. The van der Waals surface area contributed by atoms with Gasteiger partial charge in [-0.15, -0.1) is 0 Å². The first kappa shape index (κ1) is 17.9. The Kier molecular flexibility index (Phi) is 5.86. The lowest BCUT2D eigenvalue weighted by Crippen LogP contribution is -2.37. The third kappa shape index (κ3) is 4.21. The zero-order chi connectivity index (χ0) is 18.4. The molecule has 1 aromatic heterocycles. The molecule has 0 aliphatic heterocycles. The van der Waals surface area contributed by atoms with Crippen LogP contribution in [0.4, 0.5) is 0 Å². The Bertz CT molecular complexity index is 915. The zero-order valence-corrected chi connectivity index (χ0v) is 14.6. The van der Waals surface area contributed by atoms with Crippen LogP contribution in [-0.2, 0) is 17.8 Å². The van der Waals surface area contributed by atoms with Gasteiger partial charge in [0.1, 0.15) is 0 Å². The molecular weight excluding hydrogens is 330 g/mol. The van der Waals surface area contributed by atoms with E-state index in [-0.39, 0.29) is 12.3 Å². The number of hydrogen-bond donors (Lipinski definition) is 1. The van der Waals surface area contributed by atoms with Gasteiger partial charge in [-0.2, -0.15) is 0 Å². The molecule has 2 aromatic carbocycles. The maximum absolute atomic E-state index is 12.6. The Morgan fingerprint density at radius 1 is 1.04 bits per heavy atom. The van der Waals surface area contributed by atoms with Crippen molar-refractivity contribution in [2.24, 2.45) is 5.73 Å². The molecular formula is C20H23N3O3. The molecule has 6 nitrogen and oxygen atoms in total. The summed E-state index contributed by atoms with van der Waals surface area (Å²) in [5.41, 5.74) is 8.08. The second kappa shape index (κ2) is 8.49. The second-order valence-corrected chi connectivity index (χ2v) is 6.14. The molecule has 0 aliphatic carbocycles. The molecule has 0 saturated carbocycles. The number of benzene rings is 2. The van der Waals surface area contributed by atoms with E-state index in [1.807, 2.05) is 48.5 Å². The number of rotatable bonds is 8. The molecule has 1 heterocycles. The quantitative estimate of drug-likeness (QED) is 0.672. The number of hydrogen-bond acceptors (Lipinski definition) is 4. The molecule has 0 bridgehead atoms. The maximum Gasteiger partial charge on any atom is 0.419 e. The van der Waals surface area contributed by atoms with Crippen LogP contribution in [0.15, 0.2) is 63.8 Å². The Labute approximate surface area is 151 Å². The lowest BCUT2D eigenvalue weighted by Gasteiger charge is -2.22. The standard InChI is InChI=1S/C20H23N3O3/c21-12-15-22(13-10-16-6-2-1-3-7-16)19(24)11-14-23-17-8-4-5-9-18(17)26-20(23)25/h1-9H,10-15,21H2. The van der Waals surface area contributed by atoms with E-state index in [0.29, 0.717) is 37.3 Å². The van der Waals surface area contributed by atoms with Gasteiger partial charge < -0.3 is 15.1 Å². The highest BCUT2D eigenvalue weighted by Crippen LogP contribution is 2.12. The third-order valence-electron chi connectivity index (χ3n) is 4.39. The van der Waals surface area contributed by atoms with E-state index in [4.69, 9.17) is 10.2 Å². The number of para-hydroxylation sites is 2. The smallest absolute Gasteiger partial charge is 0.408 e. The molecule has 0 unspecified atom stereocenters.